The van der Waals surface area contributed by atoms with Crippen LogP contribution in [0.5, 0.6) is 0 Å². The molecular formula is C45H81NO5. The van der Waals surface area contributed by atoms with Gasteiger partial charge in [-0.2, -0.15) is 0 Å². The molecule has 0 saturated carbocycles. The van der Waals surface area contributed by atoms with Crippen molar-refractivity contribution in [3.63, 3.8) is 0 Å². The number of carbonyl (C=O) groups excluding carboxylic acids is 1. The van der Waals surface area contributed by atoms with Crippen LogP contribution in [0.2, 0.25) is 0 Å². The summed E-state index contributed by atoms with van der Waals surface area (Å²) in [5.74, 6) is -0.670. The van der Waals surface area contributed by atoms with Crippen LogP contribution in [-0.4, -0.2) is 57.3 Å². The molecule has 0 saturated heterocycles. The van der Waals surface area contributed by atoms with E-state index in [-0.39, 0.29) is 6.42 Å². The average molecular weight is 716 g/mol. The lowest BCUT2D eigenvalue weighted by atomic mass is 10.0. The predicted octanol–water partition coefficient (Wildman–Crippen LogP) is 10.9. The van der Waals surface area contributed by atoms with Gasteiger partial charge in [0.15, 0.2) is 0 Å². The van der Waals surface area contributed by atoms with Gasteiger partial charge in [-0.1, -0.05) is 164 Å². The van der Waals surface area contributed by atoms with E-state index in [1.807, 2.05) is 6.08 Å². The molecule has 296 valence electrons. The Balaban J connectivity index is 3.90. The summed E-state index contributed by atoms with van der Waals surface area (Å²) in [6.45, 7) is 3.97. The standard InChI is InChI=1S/C45H81NO5/c1-3-5-7-9-11-13-15-17-18-19-20-21-22-23-24-25-26-27-29-30-32-34-36-38-42(48)44(50)41(40-47)46-45(51)43(49)39-37-35-33-31-28-16-14-12-10-8-6-4-2/h21-22,25-26,28,30-32,35,37,41-44,47-50H,3-20,23-24,27,29,33-34,36,38-40H2,1-2H3,(H,46,51)/b22-21+,26-25+,31-28-,32-30+,37-35-. The Bertz CT molecular complexity index is 895. The van der Waals surface area contributed by atoms with Crippen LogP contribution in [0.1, 0.15) is 187 Å². The molecule has 0 spiro atoms. The van der Waals surface area contributed by atoms with Crippen molar-refractivity contribution >= 4 is 5.91 Å². The molecule has 0 aromatic carbocycles. The fourth-order valence-corrected chi connectivity index (χ4v) is 6.01. The van der Waals surface area contributed by atoms with Gasteiger partial charge in [0, 0.05) is 6.42 Å². The van der Waals surface area contributed by atoms with Crippen LogP contribution in [0.4, 0.5) is 0 Å². The fraction of sp³-hybridized carbons (Fsp3) is 0.756. The van der Waals surface area contributed by atoms with E-state index in [0.717, 1.165) is 44.9 Å². The summed E-state index contributed by atoms with van der Waals surface area (Å²) in [6, 6.07) is -1.04. The van der Waals surface area contributed by atoms with E-state index >= 15 is 0 Å². The number of aliphatic hydroxyl groups excluding tert-OH is 4. The number of unbranched alkanes of at least 4 members (excludes halogenated alkanes) is 19. The monoisotopic (exact) mass is 716 g/mol. The number of amides is 1. The normalized spacial score (nSPS) is 14.9. The van der Waals surface area contributed by atoms with E-state index < -0.39 is 36.9 Å². The maximum absolute atomic E-state index is 12.4. The molecule has 0 fully saturated rings. The maximum atomic E-state index is 12.4. The van der Waals surface area contributed by atoms with Crippen LogP contribution in [0.25, 0.3) is 0 Å². The average Bonchev–Trinajstić information content (AvgIpc) is 3.13. The lowest BCUT2D eigenvalue weighted by molar-refractivity contribution is -0.132. The SMILES string of the molecule is CCCCCCCC/C=C\C/C=C\CC(O)C(=O)NC(CO)C(O)C(O)CCC/C=C/CC/C=C/CC/C=C/CCCCCCCCCCCC. The molecular weight excluding hydrogens is 634 g/mol. The molecule has 4 unspecified atom stereocenters. The third kappa shape index (κ3) is 33.6. The first-order chi connectivity index (χ1) is 25.0. The number of aliphatic hydroxyl groups is 4. The molecule has 5 N–H and O–H groups in total. The van der Waals surface area contributed by atoms with Crippen molar-refractivity contribution in [2.24, 2.45) is 0 Å². The lowest BCUT2D eigenvalue weighted by Gasteiger charge is -2.27. The number of hydrogen-bond acceptors (Lipinski definition) is 5. The minimum Gasteiger partial charge on any atom is -0.394 e. The molecule has 0 rings (SSSR count). The van der Waals surface area contributed by atoms with Crippen LogP contribution in [0, 0.1) is 0 Å². The van der Waals surface area contributed by atoms with E-state index in [2.05, 4.69) is 67.8 Å². The summed E-state index contributed by atoms with van der Waals surface area (Å²) in [4.78, 5) is 12.4. The first kappa shape index (κ1) is 49.0. The Morgan fingerprint density at radius 2 is 0.902 bits per heavy atom. The predicted molar refractivity (Wildman–Crippen MR) is 219 cm³/mol. The quantitative estimate of drug-likeness (QED) is 0.0325. The first-order valence-electron chi connectivity index (χ1n) is 21.2. The molecule has 0 aliphatic carbocycles. The molecule has 0 aromatic heterocycles. The van der Waals surface area contributed by atoms with Crippen molar-refractivity contribution in [2.45, 2.75) is 212 Å². The second kappa shape index (κ2) is 39.2. The zero-order chi connectivity index (χ0) is 37.5. The Morgan fingerprint density at radius 1 is 0.510 bits per heavy atom. The van der Waals surface area contributed by atoms with Crippen LogP contribution in [0.15, 0.2) is 60.8 Å². The highest BCUT2D eigenvalue weighted by atomic mass is 16.3. The summed E-state index contributed by atoms with van der Waals surface area (Å²) in [7, 11) is 0. The minimum atomic E-state index is -1.32. The van der Waals surface area contributed by atoms with Crippen LogP contribution < -0.4 is 5.32 Å². The van der Waals surface area contributed by atoms with Gasteiger partial charge < -0.3 is 25.7 Å². The van der Waals surface area contributed by atoms with E-state index in [4.69, 9.17) is 0 Å². The van der Waals surface area contributed by atoms with Gasteiger partial charge >= 0.3 is 0 Å². The highest BCUT2D eigenvalue weighted by Crippen LogP contribution is 2.13. The number of hydrogen-bond donors (Lipinski definition) is 5. The van der Waals surface area contributed by atoms with Gasteiger partial charge in [-0.3, -0.25) is 4.79 Å². The zero-order valence-electron chi connectivity index (χ0n) is 33.1. The molecule has 6 heteroatoms. The topological polar surface area (TPSA) is 110 Å². The van der Waals surface area contributed by atoms with Crippen molar-refractivity contribution in [3.8, 4) is 0 Å². The van der Waals surface area contributed by atoms with Gasteiger partial charge in [-0.15, -0.1) is 0 Å². The highest BCUT2D eigenvalue weighted by molar-refractivity contribution is 5.81. The van der Waals surface area contributed by atoms with E-state index in [1.54, 1.807) is 6.08 Å². The van der Waals surface area contributed by atoms with Gasteiger partial charge in [0.05, 0.1) is 18.8 Å². The number of rotatable bonds is 37. The van der Waals surface area contributed by atoms with Gasteiger partial charge in [-0.25, -0.2) is 0 Å². The smallest absolute Gasteiger partial charge is 0.249 e. The molecule has 0 aliphatic heterocycles. The minimum absolute atomic E-state index is 0.146. The Hall–Kier alpha value is -1.99. The highest BCUT2D eigenvalue weighted by Gasteiger charge is 2.28. The Labute approximate surface area is 314 Å². The molecule has 0 bridgehead atoms. The number of carbonyl (C=O) groups is 1. The van der Waals surface area contributed by atoms with Crippen molar-refractivity contribution < 1.29 is 25.2 Å². The van der Waals surface area contributed by atoms with E-state index in [1.165, 1.54) is 109 Å². The number of allylic oxidation sites excluding steroid dienone is 9. The third-order valence-electron chi connectivity index (χ3n) is 9.42. The maximum Gasteiger partial charge on any atom is 0.249 e. The molecule has 1 amide bonds. The van der Waals surface area contributed by atoms with Gasteiger partial charge in [0.1, 0.15) is 12.2 Å². The summed E-state index contributed by atoms with van der Waals surface area (Å²) < 4.78 is 0. The summed E-state index contributed by atoms with van der Waals surface area (Å²) in [5, 5.41) is 43.4. The largest absolute Gasteiger partial charge is 0.394 e. The molecule has 0 heterocycles. The fourth-order valence-electron chi connectivity index (χ4n) is 6.01. The molecule has 0 radical (unpaired) electrons. The van der Waals surface area contributed by atoms with Gasteiger partial charge in [0.2, 0.25) is 5.91 Å². The summed E-state index contributed by atoms with van der Waals surface area (Å²) >= 11 is 0. The summed E-state index contributed by atoms with van der Waals surface area (Å²) in [6.07, 6.45) is 48.5. The van der Waals surface area contributed by atoms with Gasteiger partial charge in [0.25, 0.3) is 0 Å². The lowest BCUT2D eigenvalue weighted by Crippen LogP contribution is -2.52. The first-order valence-corrected chi connectivity index (χ1v) is 21.2. The van der Waals surface area contributed by atoms with Gasteiger partial charge in [-0.05, 0) is 77.0 Å². The van der Waals surface area contributed by atoms with Crippen molar-refractivity contribution in [1.82, 2.24) is 5.32 Å². The van der Waals surface area contributed by atoms with Crippen LogP contribution in [0.3, 0.4) is 0 Å². The van der Waals surface area contributed by atoms with E-state index in [9.17, 15) is 25.2 Å². The van der Waals surface area contributed by atoms with E-state index in [0.29, 0.717) is 12.8 Å². The molecule has 0 aliphatic rings. The zero-order valence-corrected chi connectivity index (χ0v) is 33.1. The molecule has 6 nitrogen and oxygen atoms in total. The van der Waals surface area contributed by atoms with Crippen LogP contribution >= 0.6 is 0 Å². The van der Waals surface area contributed by atoms with Crippen molar-refractivity contribution in [2.75, 3.05) is 6.61 Å². The molecule has 51 heavy (non-hydrogen) atoms. The second-order valence-electron chi connectivity index (χ2n) is 14.3. The van der Waals surface area contributed by atoms with Crippen molar-refractivity contribution in [3.05, 3.63) is 60.8 Å². The molecule has 0 aromatic rings. The second-order valence-corrected chi connectivity index (χ2v) is 14.3. The Morgan fingerprint density at radius 3 is 1.37 bits per heavy atom. The summed E-state index contributed by atoms with van der Waals surface area (Å²) in [5.41, 5.74) is 0. The Kier molecular flexibility index (Phi) is 37.7. The number of nitrogens with one attached hydrogen (secondary N) is 1. The van der Waals surface area contributed by atoms with Crippen molar-refractivity contribution in [1.29, 1.82) is 0 Å². The molecule has 4 atom stereocenters. The third-order valence-corrected chi connectivity index (χ3v) is 9.42. The van der Waals surface area contributed by atoms with Crippen LogP contribution in [-0.2, 0) is 4.79 Å².